The van der Waals surface area contributed by atoms with Crippen molar-refractivity contribution in [2.24, 2.45) is 0 Å². The minimum absolute atomic E-state index is 1.17. The molecule has 0 aliphatic rings. The number of hydrogen-bond donors (Lipinski definition) is 0. The molecule has 0 saturated heterocycles. The van der Waals surface area contributed by atoms with E-state index in [0.717, 1.165) is 0 Å². The molecular formula is C45H29N. The van der Waals surface area contributed by atoms with Gasteiger partial charge in [-0.25, -0.2) is 0 Å². The summed E-state index contributed by atoms with van der Waals surface area (Å²) >= 11 is 0. The van der Waals surface area contributed by atoms with E-state index in [1.807, 2.05) is 12.4 Å². The third kappa shape index (κ3) is 4.45. The number of pyridine rings is 1. The van der Waals surface area contributed by atoms with E-state index in [-0.39, 0.29) is 0 Å². The molecule has 0 N–H and O–H groups in total. The van der Waals surface area contributed by atoms with E-state index in [4.69, 9.17) is 0 Å². The van der Waals surface area contributed by atoms with Gasteiger partial charge >= 0.3 is 0 Å². The largest absolute Gasteiger partial charge is 0.265 e. The van der Waals surface area contributed by atoms with Crippen LogP contribution in [0.25, 0.3) is 87.6 Å². The first-order chi connectivity index (χ1) is 22.8. The molecule has 0 bridgehead atoms. The van der Waals surface area contributed by atoms with Crippen LogP contribution < -0.4 is 0 Å². The zero-order valence-electron chi connectivity index (χ0n) is 25.2. The SMILES string of the molecule is c1ccc2cc(-c3c4ccccc4c(-c4ccc5ccccc5c4)c4cc(-c5ccc(-c6ccncc6)cc5)ccc34)ccc2c1. The number of aromatic nitrogens is 1. The smallest absolute Gasteiger partial charge is 0.0273 e. The molecule has 1 heteroatoms. The summed E-state index contributed by atoms with van der Waals surface area (Å²) in [5.74, 6) is 0. The molecule has 214 valence electrons. The van der Waals surface area contributed by atoms with E-state index in [0.29, 0.717) is 0 Å². The molecule has 0 aliphatic carbocycles. The summed E-state index contributed by atoms with van der Waals surface area (Å²) in [4.78, 5) is 4.18. The van der Waals surface area contributed by atoms with Crippen LogP contribution in [0.4, 0.5) is 0 Å². The molecule has 9 aromatic rings. The second-order valence-electron chi connectivity index (χ2n) is 12.0. The molecule has 1 heterocycles. The molecule has 46 heavy (non-hydrogen) atoms. The van der Waals surface area contributed by atoms with Gasteiger partial charge in [0.15, 0.2) is 0 Å². The van der Waals surface area contributed by atoms with Crippen molar-refractivity contribution >= 4 is 43.1 Å². The number of fused-ring (bicyclic) bond motifs is 4. The highest BCUT2D eigenvalue weighted by Gasteiger charge is 2.18. The van der Waals surface area contributed by atoms with Crippen LogP contribution in [-0.4, -0.2) is 4.98 Å². The van der Waals surface area contributed by atoms with Gasteiger partial charge in [0.05, 0.1) is 0 Å². The number of nitrogens with zero attached hydrogens (tertiary/aromatic N) is 1. The lowest BCUT2D eigenvalue weighted by Crippen LogP contribution is -1.92. The van der Waals surface area contributed by atoms with Gasteiger partial charge in [-0.05, 0) is 118 Å². The molecule has 0 atom stereocenters. The Morgan fingerprint density at radius 2 is 0.674 bits per heavy atom. The van der Waals surface area contributed by atoms with Crippen molar-refractivity contribution in [3.8, 4) is 44.5 Å². The van der Waals surface area contributed by atoms with E-state index < -0.39 is 0 Å². The summed E-state index contributed by atoms with van der Waals surface area (Å²) in [6.45, 7) is 0. The normalized spacial score (nSPS) is 11.5. The van der Waals surface area contributed by atoms with E-state index in [1.165, 1.54) is 87.6 Å². The predicted octanol–water partition coefficient (Wildman–Crippen LogP) is 12.4. The minimum Gasteiger partial charge on any atom is -0.265 e. The molecule has 1 aromatic heterocycles. The quantitative estimate of drug-likeness (QED) is 0.188. The van der Waals surface area contributed by atoms with Crippen molar-refractivity contribution < 1.29 is 0 Å². The van der Waals surface area contributed by atoms with Gasteiger partial charge in [0, 0.05) is 12.4 Å². The maximum atomic E-state index is 4.18. The molecule has 9 rings (SSSR count). The summed E-state index contributed by atoms with van der Waals surface area (Å²) in [5, 5.41) is 10.1. The molecule has 0 fully saturated rings. The summed E-state index contributed by atoms with van der Waals surface area (Å²) < 4.78 is 0. The maximum absolute atomic E-state index is 4.18. The molecule has 1 nitrogen and oxygen atoms in total. The summed E-state index contributed by atoms with van der Waals surface area (Å²) in [6.07, 6.45) is 3.69. The van der Waals surface area contributed by atoms with Gasteiger partial charge in [0.25, 0.3) is 0 Å². The van der Waals surface area contributed by atoms with Crippen LogP contribution in [0.5, 0.6) is 0 Å². The average molecular weight is 584 g/mol. The van der Waals surface area contributed by atoms with Gasteiger partial charge in [-0.3, -0.25) is 4.98 Å². The molecule has 0 aliphatic heterocycles. The molecule has 0 amide bonds. The van der Waals surface area contributed by atoms with Crippen molar-refractivity contribution in [3.05, 3.63) is 176 Å². The highest BCUT2D eigenvalue weighted by molar-refractivity contribution is 6.22. The van der Waals surface area contributed by atoms with Gasteiger partial charge in [-0.1, -0.05) is 133 Å². The molecule has 0 unspecified atom stereocenters. The predicted molar refractivity (Wildman–Crippen MR) is 196 cm³/mol. The van der Waals surface area contributed by atoms with Crippen LogP contribution in [-0.2, 0) is 0 Å². The highest BCUT2D eigenvalue weighted by atomic mass is 14.6. The fraction of sp³-hybridized carbons (Fsp3) is 0. The third-order valence-electron chi connectivity index (χ3n) is 9.33. The van der Waals surface area contributed by atoms with Gasteiger partial charge in [0.2, 0.25) is 0 Å². The second-order valence-corrected chi connectivity index (χ2v) is 12.0. The fourth-order valence-corrected chi connectivity index (χ4v) is 7.07. The Labute approximate surface area is 268 Å². The molecule has 8 aromatic carbocycles. The number of hydrogen-bond acceptors (Lipinski definition) is 1. The average Bonchev–Trinajstić information content (AvgIpc) is 3.13. The van der Waals surface area contributed by atoms with Gasteiger partial charge in [-0.2, -0.15) is 0 Å². The highest BCUT2D eigenvalue weighted by Crippen LogP contribution is 2.45. The van der Waals surface area contributed by atoms with Crippen LogP contribution in [0.2, 0.25) is 0 Å². The van der Waals surface area contributed by atoms with Crippen molar-refractivity contribution in [2.45, 2.75) is 0 Å². The van der Waals surface area contributed by atoms with Crippen molar-refractivity contribution in [1.29, 1.82) is 0 Å². The Morgan fingerprint density at radius 1 is 0.261 bits per heavy atom. The van der Waals surface area contributed by atoms with Gasteiger partial charge < -0.3 is 0 Å². The number of benzene rings is 8. The van der Waals surface area contributed by atoms with E-state index in [1.54, 1.807) is 0 Å². The minimum atomic E-state index is 1.17. The first-order valence-corrected chi connectivity index (χ1v) is 15.8. The van der Waals surface area contributed by atoms with E-state index >= 15 is 0 Å². The topological polar surface area (TPSA) is 12.9 Å². The Balaban J connectivity index is 1.33. The van der Waals surface area contributed by atoms with E-state index in [9.17, 15) is 0 Å². The monoisotopic (exact) mass is 583 g/mol. The van der Waals surface area contributed by atoms with Gasteiger partial charge in [0.1, 0.15) is 0 Å². The zero-order chi connectivity index (χ0) is 30.5. The lowest BCUT2D eigenvalue weighted by Gasteiger charge is -2.19. The van der Waals surface area contributed by atoms with Crippen molar-refractivity contribution in [2.75, 3.05) is 0 Å². The first kappa shape index (κ1) is 26.4. The standard InChI is InChI=1S/C45H29N/c1-3-9-35-27-38(19-17-30(35)7-1)44-40-11-5-6-12-41(40)45(39-20-18-31-8-2-4-10-36(31)28-39)43-29-37(21-22-42(43)44)33-15-13-32(14-16-33)34-23-25-46-26-24-34/h1-29H. The van der Waals surface area contributed by atoms with Crippen LogP contribution in [0.15, 0.2) is 176 Å². The lowest BCUT2D eigenvalue weighted by atomic mass is 9.84. The Kier molecular flexibility index (Phi) is 6.21. The fourth-order valence-electron chi connectivity index (χ4n) is 7.07. The maximum Gasteiger partial charge on any atom is 0.0273 e. The Bertz CT molecular complexity index is 2560. The van der Waals surface area contributed by atoms with Gasteiger partial charge in [-0.15, -0.1) is 0 Å². The molecule has 0 radical (unpaired) electrons. The summed E-state index contributed by atoms with van der Waals surface area (Å²) in [7, 11) is 0. The van der Waals surface area contributed by atoms with Crippen LogP contribution >= 0.6 is 0 Å². The Hall–Kier alpha value is -6.05. The third-order valence-corrected chi connectivity index (χ3v) is 9.33. The summed E-state index contributed by atoms with van der Waals surface area (Å²) in [6, 6.07) is 60.0. The van der Waals surface area contributed by atoms with Crippen LogP contribution in [0.3, 0.4) is 0 Å². The van der Waals surface area contributed by atoms with Crippen LogP contribution in [0, 0.1) is 0 Å². The molecular weight excluding hydrogens is 555 g/mol. The van der Waals surface area contributed by atoms with E-state index in [2.05, 4.69) is 169 Å². The number of rotatable bonds is 4. The van der Waals surface area contributed by atoms with Crippen molar-refractivity contribution in [3.63, 3.8) is 0 Å². The lowest BCUT2D eigenvalue weighted by molar-refractivity contribution is 1.33. The first-order valence-electron chi connectivity index (χ1n) is 15.8. The Morgan fingerprint density at radius 3 is 1.26 bits per heavy atom. The van der Waals surface area contributed by atoms with Crippen LogP contribution in [0.1, 0.15) is 0 Å². The van der Waals surface area contributed by atoms with Crippen molar-refractivity contribution in [1.82, 2.24) is 4.98 Å². The molecule has 0 saturated carbocycles. The molecule has 0 spiro atoms. The second kappa shape index (κ2) is 10.8. The zero-order valence-corrected chi connectivity index (χ0v) is 25.2. The summed E-state index contributed by atoms with van der Waals surface area (Å²) in [5.41, 5.74) is 9.78.